The molecule has 1 rings (SSSR count). The minimum absolute atomic E-state index is 0.504. The first kappa shape index (κ1) is 11.4. The smallest absolute Gasteiger partial charge is 0.0629 e. The number of rotatable bonds is 4. The first-order valence-electron chi connectivity index (χ1n) is 4.96. The minimum atomic E-state index is -1.06. The number of carboxylic acid groups (broad SMARTS) is 1. The third-order valence-electron chi connectivity index (χ3n) is 2.26. The van der Waals surface area contributed by atoms with Gasteiger partial charge in [-0.15, -0.1) is 0 Å². The molecule has 0 aliphatic heterocycles. The van der Waals surface area contributed by atoms with Gasteiger partial charge < -0.3 is 9.90 Å². The number of carboxylic acids is 1. The van der Waals surface area contributed by atoms with Crippen molar-refractivity contribution in [2.45, 2.75) is 20.3 Å². The topological polar surface area (TPSA) is 52.5 Å². The third kappa shape index (κ3) is 3.20. The van der Waals surface area contributed by atoms with Crippen LogP contribution in [0.4, 0.5) is 5.69 Å². The first-order valence-corrected chi connectivity index (χ1v) is 4.96. The van der Waals surface area contributed by atoms with E-state index in [1.54, 1.807) is 6.92 Å². The van der Waals surface area contributed by atoms with Crippen molar-refractivity contribution in [2.24, 2.45) is 10.9 Å². The maximum Gasteiger partial charge on any atom is 0.0629 e. The van der Waals surface area contributed by atoms with E-state index in [0.29, 0.717) is 12.1 Å². The molecule has 0 spiro atoms. The second-order valence-corrected chi connectivity index (χ2v) is 3.37. The molecule has 1 unspecified atom stereocenters. The van der Waals surface area contributed by atoms with E-state index in [-0.39, 0.29) is 0 Å². The van der Waals surface area contributed by atoms with Crippen LogP contribution in [0, 0.1) is 5.92 Å². The fraction of sp³-hybridized carbons (Fsp3) is 0.333. The van der Waals surface area contributed by atoms with E-state index in [0.717, 1.165) is 5.69 Å². The van der Waals surface area contributed by atoms with Gasteiger partial charge >= 0.3 is 0 Å². The number of carbonyl (C=O) groups is 1. The first-order chi connectivity index (χ1) is 7.15. The van der Waals surface area contributed by atoms with E-state index in [9.17, 15) is 9.90 Å². The third-order valence-corrected chi connectivity index (χ3v) is 2.26. The van der Waals surface area contributed by atoms with Gasteiger partial charge in [-0.3, -0.25) is 4.99 Å². The number of aliphatic carboxylic acids is 1. The maximum absolute atomic E-state index is 10.8. The molecular weight excluding hydrogens is 190 g/mol. The van der Waals surface area contributed by atoms with Gasteiger partial charge in [0.15, 0.2) is 0 Å². The summed E-state index contributed by atoms with van der Waals surface area (Å²) >= 11 is 0. The molecule has 0 aliphatic rings. The lowest BCUT2D eigenvalue weighted by Gasteiger charge is -2.15. The quantitative estimate of drug-likeness (QED) is 0.699. The molecule has 0 heterocycles. The number of para-hydroxylation sites is 1. The molecule has 0 aromatic heterocycles. The second-order valence-electron chi connectivity index (χ2n) is 3.37. The zero-order valence-electron chi connectivity index (χ0n) is 8.93. The van der Waals surface area contributed by atoms with Crippen molar-refractivity contribution in [2.75, 3.05) is 0 Å². The zero-order valence-corrected chi connectivity index (χ0v) is 8.93. The molecule has 1 atom stereocenters. The molecule has 0 saturated carbocycles. The summed E-state index contributed by atoms with van der Waals surface area (Å²) in [5, 5.41) is 10.8. The van der Waals surface area contributed by atoms with Gasteiger partial charge in [-0.2, -0.15) is 0 Å². The fourth-order valence-corrected chi connectivity index (χ4v) is 1.42. The Morgan fingerprint density at radius 1 is 1.40 bits per heavy atom. The lowest BCUT2D eigenvalue weighted by atomic mass is 10.0. The molecule has 0 fully saturated rings. The molecule has 0 amide bonds. The Morgan fingerprint density at radius 3 is 2.47 bits per heavy atom. The molecule has 0 N–H and O–H groups in total. The van der Waals surface area contributed by atoms with Crippen LogP contribution >= 0.6 is 0 Å². The molecular formula is C12H14NO2-. The number of aliphatic imine (C=N–C) groups is 1. The van der Waals surface area contributed by atoms with E-state index >= 15 is 0 Å². The molecule has 1 aromatic carbocycles. The molecule has 15 heavy (non-hydrogen) atoms. The minimum Gasteiger partial charge on any atom is -0.549 e. The molecule has 3 nitrogen and oxygen atoms in total. The van der Waals surface area contributed by atoms with Gasteiger partial charge in [0.1, 0.15) is 0 Å². The monoisotopic (exact) mass is 204 g/mol. The average molecular weight is 204 g/mol. The van der Waals surface area contributed by atoms with Crippen LogP contribution in [0.5, 0.6) is 0 Å². The predicted molar refractivity (Wildman–Crippen MR) is 58.0 cm³/mol. The molecule has 1 aromatic rings. The summed E-state index contributed by atoms with van der Waals surface area (Å²) in [7, 11) is 0. The lowest BCUT2D eigenvalue weighted by molar-refractivity contribution is -0.308. The van der Waals surface area contributed by atoms with Gasteiger partial charge in [0.05, 0.1) is 11.7 Å². The van der Waals surface area contributed by atoms with Crippen molar-refractivity contribution in [3.8, 4) is 0 Å². The van der Waals surface area contributed by atoms with Gasteiger partial charge in [0.2, 0.25) is 0 Å². The molecule has 0 radical (unpaired) electrons. The number of carbonyl (C=O) groups excluding carboxylic acids is 1. The highest BCUT2D eigenvalue weighted by Crippen LogP contribution is 2.14. The van der Waals surface area contributed by atoms with Crippen molar-refractivity contribution in [1.82, 2.24) is 0 Å². The van der Waals surface area contributed by atoms with Crippen LogP contribution in [0.25, 0.3) is 0 Å². The largest absolute Gasteiger partial charge is 0.549 e. The standard InChI is InChI=1S/C12H15NO2/c1-3-11(12(14)15)9(2)13-10-7-5-4-6-8-10/h4-8,11H,3H2,1-2H3,(H,14,15)/p-1. The van der Waals surface area contributed by atoms with Crippen molar-refractivity contribution >= 4 is 17.4 Å². The number of nitrogens with zero attached hydrogens (tertiary/aromatic N) is 1. The molecule has 0 aliphatic carbocycles. The normalized spacial score (nSPS) is 13.6. The summed E-state index contributed by atoms with van der Waals surface area (Å²) in [5.41, 5.74) is 1.36. The van der Waals surface area contributed by atoms with E-state index in [2.05, 4.69) is 4.99 Å². The zero-order chi connectivity index (χ0) is 11.3. The van der Waals surface area contributed by atoms with Gasteiger partial charge in [-0.05, 0) is 25.5 Å². The van der Waals surface area contributed by atoms with Crippen LogP contribution in [0.3, 0.4) is 0 Å². The summed E-state index contributed by atoms with van der Waals surface area (Å²) < 4.78 is 0. The van der Waals surface area contributed by atoms with Crippen LogP contribution < -0.4 is 5.11 Å². The maximum atomic E-state index is 10.8. The Balaban J connectivity index is 2.88. The Labute approximate surface area is 89.5 Å². The Morgan fingerprint density at radius 2 is 2.00 bits per heavy atom. The summed E-state index contributed by atoms with van der Waals surface area (Å²) in [4.78, 5) is 15.0. The molecule has 0 bridgehead atoms. The van der Waals surface area contributed by atoms with Gasteiger partial charge in [-0.1, -0.05) is 25.1 Å². The molecule has 3 heteroatoms. The molecule has 0 saturated heterocycles. The van der Waals surface area contributed by atoms with E-state index in [1.165, 1.54) is 0 Å². The van der Waals surface area contributed by atoms with Crippen LogP contribution in [0.2, 0.25) is 0 Å². The highest BCUT2D eigenvalue weighted by atomic mass is 16.4. The number of benzene rings is 1. The number of hydrogen-bond acceptors (Lipinski definition) is 3. The van der Waals surface area contributed by atoms with Gasteiger partial charge in [0, 0.05) is 11.6 Å². The summed E-state index contributed by atoms with van der Waals surface area (Å²) in [6.07, 6.45) is 0.504. The van der Waals surface area contributed by atoms with Crippen LogP contribution in [0.15, 0.2) is 35.3 Å². The SMILES string of the molecule is CCC(C(=O)[O-])C(C)=Nc1ccccc1. The van der Waals surface area contributed by atoms with Crippen molar-refractivity contribution in [3.63, 3.8) is 0 Å². The lowest BCUT2D eigenvalue weighted by Crippen LogP contribution is -2.34. The average Bonchev–Trinajstić information content (AvgIpc) is 2.19. The highest BCUT2D eigenvalue weighted by Gasteiger charge is 2.10. The van der Waals surface area contributed by atoms with Crippen LogP contribution in [-0.2, 0) is 4.79 Å². The Kier molecular flexibility index (Phi) is 4.03. The predicted octanol–water partition coefficient (Wildman–Crippen LogP) is 1.56. The summed E-state index contributed by atoms with van der Waals surface area (Å²) in [5.74, 6) is -1.65. The van der Waals surface area contributed by atoms with Crippen molar-refractivity contribution in [3.05, 3.63) is 30.3 Å². The van der Waals surface area contributed by atoms with E-state index in [1.807, 2.05) is 37.3 Å². The second kappa shape index (κ2) is 5.29. The highest BCUT2D eigenvalue weighted by molar-refractivity contribution is 6.00. The van der Waals surface area contributed by atoms with Crippen molar-refractivity contribution in [1.29, 1.82) is 0 Å². The fourth-order valence-electron chi connectivity index (χ4n) is 1.42. The van der Waals surface area contributed by atoms with Crippen LogP contribution in [0.1, 0.15) is 20.3 Å². The molecule has 80 valence electrons. The summed E-state index contributed by atoms with van der Waals surface area (Å²) in [6.45, 7) is 3.53. The Hall–Kier alpha value is -1.64. The number of hydrogen-bond donors (Lipinski definition) is 0. The van der Waals surface area contributed by atoms with Crippen molar-refractivity contribution < 1.29 is 9.90 Å². The van der Waals surface area contributed by atoms with E-state index in [4.69, 9.17) is 0 Å². The van der Waals surface area contributed by atoms with Gasteiger partial charge in [0.25, 0.3) is 0 Å². The van der Waals surface area contributed by atoms with E-state index < -0.39 is 11.9 Å². The summed E-state index contributed by atoms with van der Waals surface area (Å²) in [6, 6.07) is 9.31. The Bertz CT molecular complexity index is 357. The van der Waals surface area contributed by atoms with Gasteiger partial charge in [-0.25, -0.2) is 0 Å². The van der Waals surface area contributed by atoms with Crippen LogP contribution in [-0.4, -0.2) is 11.7 Å².